The van der Waals surface area contributed by atoms with Gasteiger partial charge in [0.2, 0.25) is 0 Å². The maximum absolute atomic E-state index is 11.2. The molecule has 2 atom stereocenters. The smallest absolute Gasteiger partial charge is 0.258 e. The van der Waals surface area contributed by atoms with Crippen LogP contribution in [0.3, 0.4) is 0 Å². The first kappa shape index (κ1) is 15.0. The molecule has 0 aliphatic rings. The summed E-state index contributed by atoms with van der Waals surface area (Å²) in [7, 11) is 0. The summed E-state index contributed by atoms with van der Waals surface area (Å²) in [5, 5.41) is 0. The fourth-order valence-corrected chi connectivity index (χ4v) is 2.07. The van der Waals surface area contributed by atoms with Crippen LogP contribution in [0.1, 0.15) is 25.8 Å². The van der Waals surface area contributed by atoms with E-state index in [1.54, 1.807) is 0 Å². The summed E-state index contributed by atoms with van der Waals surface area (Å²) >= 11 is 3.41. The highest BCUT2D eigenvalue weighted by Crippen LogP contribution is 2.25. The van der Waals surface area contributed by atoms with Gasteiger partial charge in [-0.1, -0.05) is 22.9 Å². The number of nitrogens with two attached hydrogens (primary N) is 2. The second-order valence-electron chi connectivity index (χ2n) is 4.35. The molecule has 5 heteroatoms. The van der Waals surface area contributed by atoms with Crippen molar-refractivity contribution < 1.29 is 9.53 Å². The predicted octanol–water partition coefficient (Wildman–Crippen LogP) is 1.98. The van der Waals surface area contributed by atoms with Gasteiger partial charge in [-0.15, -0.1) is 0 Å². The number of benzene rings is 1. The van der Waals surface area contributed by atoms with Crippen molar-refractivity contribution >= 4 is 21.8 Å². The van der Waals surface area contributed by atoms with Crippen LogP contribution in [0.15, 0.2) is 22.7 Å². The summed E-state index contributed by atoms with van der Waals surface area (Å²) < 4.78 is 6.62. The summed E-state index contributed by atoms with van der Waals surface area (Å²) in [6.07, 6.45) is 0.630. The lowest BCUT2D eigenvalue weighted by molar-refractivity contribution is -0.124. The molecule has 1 aromatic carbocycles. The molecule has 0 radical (unpaired) electrons. The van der Waals surface area contributed by atoms with Gasteiger partial charge in [0.05, 0.1) is 0 Å². The minimum atomic E-state index is -0.599. The van der Waals surface area contributed by atoms with Gasteiger partial charge < -0.3 is 16.2 Å². The molecule has 0 aromatic heterocycles. The van der Waals surface area contributed by atoms with E-state index in [0.29, 0.717) is 18.6 Å². The molecule has 4 N–H and O–H groups in total. The fraction of sp³-hybridized carbons (Fsp3) is 0.462. The molecule has 100 valence electrons. The van der Waals surface area contributed by atoms with Crippen molar-refractivity contribution in [2.24, 2.45) is 11.5 Å². The number of amides is 1. The highest BCUT2D eigenvalue weighted by Gasteiger charge is 2.17. The normalized spacial score (nSPS) is 14.0. The van der Waals surface area contributed by atoms with Gasteiger partial charge in [-0.2, -0.15) is 0 Å². The van der Waals surface area contributed by atoms with Crippen molar-refractivity contribution in [1.82, 2.24) is 0 Å². The molecule has 0 saturated heterocycles. The van der Waals surface area contributed by atoms with Crippen molar-refractivity contribution in [2.45, 2.75) is 38.8 Å². The largest absolute Gasteiger partial charge is 0.480 e. The Hall–Kier alpha value is -1.07. The Kier molecular flexibility index (Phi) is 5.62. The van der Waals surface area contributed by atoms with Crippen molar-refractivity contribution in [3.05, 3.63) is 28.2 Å². The molecule has 0 aliphatic heterocycles. The predicted molar refractivity (Wildman–Crippen MR) is 75.4 cm³/mol. The van der Waals surface area contributed by atoms with E-state index in [9.17, 15) is 4.79 Å². The van der Waals surface area contributed by atoms with Gasteiger partial charge in [0.25, 0.3) is 5.91 Å². The van der Waals surface area contributed by atoms with Crippen molar-refractivity contribution in [1.29, 1.82) is 0 Å². The molecule has 2 unspecified atom stereocenters. The van der Waals surface area contributed by atoms with Crippen LogP contribution >= 0.6 is 15.9 Å². The van der Waals surface area contributed by atoms with Crippen LogP contribution in [0.4, 0.5) is 0 Å². The highest BCUT2D eigenvalue weighted by atomic mass is 79.9. The summed E-state index contributed by atoms with van der Waals surface area (Å²) in [4.78, 5) is 11.2. The number of halogens is 1. The van der Waals surface area contributed by atoms with Crippen LogP contribution in [0.2, 0.25) is 0 Å². The molecule has 0 heterocycles. The molecule has 1 aromatic rings. The third kappa shape index (κ3) is 4.31. The van der Waals surface area contributed by atoms with E-state index < -0.39 is 12.0 Å². The zero-order chi connectivity index (χ0) is 13.7. The summed E-state index contributed by atoms with van der Waals surface area (Å²) in [5.41, 5.74) is 12.1. The van der Waals surface area contributed by atoms with Gasteiger partial charge in [-0.3, -0.25) is 4.79 Å². The quantitative estimate of drug-likeness (QED) is 0.842. The Morgan fingerprint density at radius 3 is 2.67 bits per heavy atom. The maximum Gasteiger partial charge on any atom is 0.258 e. The van der Waals surface area contributed by atoms with Crippen LogP contribution in [0, 0.1) is 0 Å². The fourth-order valence-electron chi connectivity index (χ4n) is 1.67. The van der Waals surface area contributed by atoms with Crippen LogP contribution in [0.5, 0.6) is 5.75 Å². The highest BCUT2D eigenvalue weighted by molar-refractivity contribution is 9.10. The third-order valence-corrected chi connectivity index (χ3v) is 3.02. The SMILES string of the molecule is CCC(Oc1ccc(Br)cc1CC(C)N)C(N)=O. The first-order valence-corrected chi connectivity index (χ1v) is 6.73. The number of carbonyl (C=O) groups is 1. The van der Waals surface area contributed by atoms with Gasteiger partial charge in [0.15, 0.2) is 6.10 Å². The minimum absolute atomic E-state index is 0.0234. The lowest BCUT2D eigenvalue weighted by Gasteiger charge is -2.18. The maximum atomic E-state index is 11.2. The van der Waals surface area contributed by atoms with Gasteiger partial charge in [0, 0.05) is 10.5 Å². The number of hydrogen-bond acceptors (Lipinski definition) is 3. The Balaban J connectivity index is 2.96. The van der Waals surface area contributed by atoms with Crippen molar-refractivity contribution in [3.8, 4) is 5.75 Å². The van der Waals surface area contributed by atoms with E-state index in [2.05, 4.69) is 15.9 Å². The number of rotatable bonds is 6. The van der Waals surface area contributed by atoms with E-state index in [1.807, 2.05) is 32.0 Å². The number of primary amides is 1. The molecule has 18 heavy (non-hydrogen) atoms. The van der Waals surface area contributed by atoms with Gasteiger partial charge >= 0.3 is 0 Å². The van der Waals surface area contributed by atoms with E-state index >= 15 is 0 Å². The topological polar surface area (TPSA) is 78.3 Å². The third-order valence-electron chi connectivity index (χ3n) is 2.52. The molecular weight excluding hydrogens is 296 g/mol. The molecule has 0 fully saturated rings. The van der Waals surface area contributed by atoms with Crippen molar-refractivity contribution in [2.75, 3.05) is 0 Å². The summed E-state index contributed by atoms with van der Waals surface area (Å²) in [6, 6.07) is 5.67. The monoisotopic (exact) mass is 314 g/mol. The zero-order valence-electron chi connectivity index (χ0n) is 10.7. The number of ether oxygens (including phenoxy) is 1. The van der Waals surface area contributed by atoms with E-state index in [0.717, 1.165) is 10.0 Å². The van der Waals surface area contributed by atoms with E-state index in [1.165, 1.54) is 0 Å². The van der Waals surface area contributed by atoms with Crippen LogP contribution < -0.4 is 16.2 Å². The Morgan fingerprint density at radius 1 is 1.50 bits per heavy atom. The molecule has 0 spiro atoms. The van der Waals surface area contributed by atoms with Crippen LogP contribution in [-0.2, 0) is 11.2 Å². The second-order valence-corrected chi connectivity index (χ2v) is 5.27. The standard InChI is InChI=1S/C13H19BrN2O2/c1-3-11(13(16)17)18-12-5-4-10(14)7-9(12)6-8(2)15/h4-5,7-8,11H,3,6,15H2,1-2H3,(H2,16,17). The molecule has 1 rings (SSSR count). The number of carbonyl (C=O) groups excluding carboxylic acids is 1. The Labute approximate surface area is 116 Å². The first-order valence-electron chi connectivity index (χ1n) is 5.94. The molecular formula is C13H19BrN2O2. The van der Waals surface area contributed by atoms with E-state index in [-0.39, 0.29) is 6.04 Å². The molecule has 0 saturated carbocycles. The zero-order valence-corrected chi connectivity index (χ0v) is 12.2. The van der Waals surface area contributed by atoms with Crippen LogP contribution in [-0.4, -0.2) is 18.1 Å². The average Bonchev–Trinajstić information content (AvgIpc) is 2.26. The molecule has 0 bridgehead atoms. The lowest BCUT2D eigenvalue weighted by Crippen LogP contribution is -2.33. The van der Waals surface area contributed by atoms with Gasteiger partial charge in [-0.05, 0) is 43.5 Å². The van der Waals surface area contributed by atoms with E-state index in [4.69, 9.17) is 16.2 Å². The Bertz CT molecular complexity index is 421. The molecule has 1 amide bonds. The van der Waals surface area contributed by atoms with Crippen molar-refractivity contribution in [3.63, 3.8) is 0 Å². The molecule has 4 nitrogen and oxygen atoms in total. The second kappa shape index (κ2) is 6.75. The summed E-state index contributed by atoms with van der Waals surface area (Å²) in [5.74, 6) is 0.216. The summed E-state index contributed by atoms with van der Waals surface area (Å²) in [6.45, 7) is 3.79. The van der Waals surface area contributed by atoms with Gasteiger partial charge in [-0.25, -0.2) is 0 Å². The Morgan fingerprint density at radius 2 is 2.17 bits per heavy atom. The minimum Gasteiger partial charge on any atom is -0.480 e. The first-order chi connectivity index (χ1) is 8.43. The van der Waals surface area contributed by atoms with Crippen LogP contribution in [0.25, 0.3) is 0 Å². The van der Waals surface area contributed by atoms with Gasteiger partial charge in [0.1, 0.15) is 5.75 Å². The number of hydrogen-bond donors (Lipinski definition) is 2. The lowest BCUT2D eigenvalue weighted by atomic mass is 10.1. The average molecular weight is 315 g/mol. The molecule has 0 aliphatic carbocycles.